The van der Waals surface area contributed by atoms with E-state index in [-0.39, 0.29) is 17.9 Å². The molecule has 2 aliphatic carbocycles. The molecule has 0 aliphatic heterocycles. The van der Waals surface area contributed by atoms with Crippen LogP contribution in [0.2, 0.25) is 0 Å². The predicted octanol–water partition coefficient (Wildman–Crippen LogP) is 6.36. The summed E-state index contributed by atoms with van der Waals surface area (Å²) < 4.78 is 0. The standard InChI is InChI=1S/C30H51NO2/c1-5-8-14-24(4)29(32)17-16-27-28-22-25(21-26(28)23-30(27)33)15-12-11-13-20-31(18-9-6-2)19-10-7-3/h15-17,24,26-30,32-33H,6-7,9-14,18-23H2,1-4H3/b17-16+,25-15+/t24-,26+,27-,28+,29-,30-/m1/s1. The van der Waals surface area contributed by atoms with Crippen molar-refractivity contribution < 1.29 is 10.2 Å². The maximum Gasteiger partial charge on any atom is 0.0755 e. The Bertz CT molecular complexity index is 650. The van der Waals surface area contributed by atoms with Crippen LogP contribution >= 0.6 is 0 Å². The van der Waals surface area contributed by atoms with E-state index in [0.29, 0.717) is 18.3 Å². The molecule has 0 bridgehead atoms. The number of fused-ring (bicyclic) bond motifs is 1. The smallest absolute Gasteiger partial charge is 0.0755 e. The second-order valence-corrected chi connectivity index (χ2v) is 10.6. The first-order chi connectivity index (χ1) is 16.0. The molecule has 0 amide bonds. The second kappa shape index (κ2) is 15.8. The minimum Gasteiger partial charge on any atom is -0.392 e. The van der Waals surface area contributed by atoms with E-state index in [9.17, 15) is 10.2 Å². The molecule has 0 spiro atoms. The number of aliphatic hydroxyl groups excluding tert-OH is 2. The molecular weight excluding hydrogens is 406 g/mol. The minimum atomic E-state index is -0.484. The highest BCUT2D eigenvalue weighted by atomic mass is 16.3. The summed E-state index contributed by atoms with van der Waals surface area (Å²) in [7, 11) is 0. The van der Waals surface area contributed by atoms with E-state index in [0.717, 1.165) is 19.3 Å². The van der Waals surface area contributed by atoms with Gasteiger partial charge in [0.2, 0.25) is 0 Å². The third-order valence-corrected chi connectivity index (χ3v) is 7.84. The largest absolute Gasteiger partial charge is 0.392 e. The molecule has 33 heavy (non-hydrogen) atoms. The maximum atomic E-state index is 10.6. The molecule has 3 nitrogen and oxygen atoms in total. The zero-order chi connectivity index (χ0) is 24.1. The summed E-state index contributed by atoms with van der Waals surface area (Å²) in [6.07, 6.45) is 18.7. The Labute approximate surface area is 204 Å². The molecular formula is C30H51NO2. The van der Waals surface area contributed by atoms with Gasteiger partial charge in [0.15, 0.2) is 0 Å². The summed E-state index contributed by atoms with van der Waals surface area (Å²) in [5.74, 6) is 7.43. The van der Waals surface area contributed by atoms with Gasteiger partial charge in [-0.15, -0.1) is 11.8 Å². The number of nitrogens with zero attached hydrogens (tertiary/aromatic N) is 1. The van der Waals surface area contributed by atoms with Crippen LogP contribution in [0.25, 0.3) is 0 Å². The van der Waals surface area contributed by atoms with E-state index in [1.165, 1.54) is 64.6 Å². The third kappa shape index (κ3) is 9.59. The Balaban J connectivity index is 1.77. The Morgan fingerprint density at radius 3 is 2.42 bits per heavy atom. The van der Waals surface area contributed by atoms with Gasteiger partial charge in [-0.1, -0.05) is 57.4 Å². The quantitative estimate of drug-likeness (QED) is 0.171. The van der Waals surface area contributed by atoms with Crippen LogP contribution < -0.4 is 0 Å². The normalized spacial score (nSPS) is 27.8. The predicted molar refractivity (Wildman–Crippen MR) is 141 cm³/mol. The molecule has 2 N–H and O–H groups in total. The molecule has 0 aromatic rings. The van der Waals surface area contributed by atoms with Crippen LogP contribution in [0, 0.1) is 35.5 Å². The number of allylic oxidation sites excluding steroid dienone is 2. The van der Waals surface area contributed by atoms with Crippen LogP contribution in [0.4, 0.5) is 0 Å². The fourth-order valence-electron chi connectivity index (χ4n) is 5.64. The molecule has 0 saturated heterocycles. The lowest BCUT2D eigenvalue weighted by molar-refractivity contribution is 0.137. The van der Waals surface area contributed by atoms with Crippen molar-refractivity contribution in [3.8, 4) is 11.8 Å². The second-order valence-electron chi connectivity index (χ2n) is 10.6. The fraction of sp³-hybridized carbons (Fsp3) is 0.800. The fourth-order valence-corrected chi connectivity index (χ4v) is 5.64. The minimum absolute atomic E-state index is 0.127. The summed E-state index contributed by atoms with van der Waals surface area (Å²) in [6, 6.07) is 0. The molecule has 2 saturated carbocycles. The van der Waals surface area contributed by atoms with Crippen LogP contribution in [-0.2, 0) is 0 Å². The van der Waals surface area contributed by atoms with Gasteiger partial charge >= 0.3 is 0 Å². The highest BCUT2D eigenvalue weighted by Crippen LogP contribution is 2.50. The SMILES string of the molecule is CC#CC[C@@H](C)[C@H](O)/C=C/[C@@H]1[C@H]2C/C(=C/CCCCN(CCCC)CCCC)C[C@H]2C[C@H]1O. The summed E-state index contributed by atoms with van der Waals surface area (Å²) in [5.41, 5.74) is 1.61. The van der Waals surface area contributed by atoms with Crippen molar-refractivity contribution in [1.29, 1.82) is 0 Å². The van der Waals surface area contributed by atoms with Crippen molar-refractivity contribution in [3.63, 3.8) is 0 Å². The molecule has 2 rings (SSSR count). The van der Waals surface area contributed by atoms with Gasteiger partial charge in [0, 0.05) is 12.3 Å². The van der Waals surface area contributed by atoms with Gasteiger partial charge < -0.3 is 15.1 Å². The van der Waals surface area contributed by atoms with Crippen LogP contribution in [0.1, 0.15) is 98.3 Å². The topological polar surface area (TPSA) is 43.7 Å². The molecule has 3 heteroatoms. The van der Waals surface area contributed by atoms with Gasteiger partial charge in [-0.25, -0.2) is 0 Å². The van der Waals surface area contributed by atoms with Crippen molar-refractivity contribution in [2.75, 3.05) is 19.6 Å². The van der Waals surface area contributed by atoms with E-state index in [2.05, 4.69) is 42.7 Å². The van der Waals surface area contributed by atoms with Crippen LogP contribution in [-0.4, -0.2) is 47.0 Å². The molecule has 2 aliphatic rings. The number of aliphatic hydroxyl groups is 2. The molecule has 0 radical (unpaired) electrons. The van der Waals surface area contributed by atoms with Gasteiger partial charge in [-0.05, 0) is 95.7 Å². The van der Waals surface area contributed by atoms with Crippen molar-refractivity contribution >= 4 is 0 Å². The van der Waals surface area contributed by atoms with Gasteiger partial charge in [-0.3, -0.25) is 0 Å². The zero-order valence-corrected chi connectivity index (χ0v) is 21.9. The molecule has 6 atom stereocenters. The maximum absolute atomic E-state index is 10.6. The lowest BCUT2D eigenvalue weighted by Crippen LogP contribution is -2.27. The van der Waals surface area contributed by atoms with Crippen molar-refractivity contribution in [2.24, 2.45) is 23.7 Å². The number of hydrogen-bond acceptors (Lipinski definition) is 3. The molecule has 0 heterocycles. The summed E-state index contributed by atoms with van der Waals surface area (Å²) >= 11 is 0. The molecule has 0 unspecified atom stereocenters. The van der Waals surface area contributed by atoms with Crippen LogP contribution in [0.15, 0.2) is 23.8 Å². The zero-order valence-electron chi connectivity index (χ0n) is 21.9. The van der Waals surface area contributed by atoms with Crippen molar-refractivity contribution in [2.45, 2.75) is 111 Å². The lowest BCUT2D eigenvalue weighted by Gasteiger charge is -2.21. The Morgan fingerprint density at radius 2 is 1.76 bits per heavy atom. The Hall–Kier alpha value is -1.08. The molecule has 0 aromatic carbocycles. The van der Waals surface area contributed by atoms with Crippen LogP contribution in [0.3, 0.4) is 0 Å². The summed E-state index contributed by atoms with van der Waals surface area (Å²) in [5, 5.41) is 21.0. The molecule has 2 fully saturated rings. The van der Waals surface area contributed by atoms with E-state index >= 15 is 0 Å². The molecule has 188 valence electrons. The number of hydrogen-bond donors (Lipinski definition) is 2. The third-order valence-electron chi connectivity index (χ3n) is 7.84. The summed E-state index contributed by atoms with van der Waals surface area (Å²) in [4.78, 5) is 2.67. The first-order valence-electron chi connectivity index (χ1n) is 13.8. The Kier molecular flexibility index (Phi) is 13.4. The van der Waals surface area contributed by atoms with Gasteiger partial charge in [0.05, 0.1) is 12.2 Å². The lowest BCUT2D eigenvalue weighted by atomic mass is 9.89. The first kappa shape index (κ1) is 28.2. The average Bonchev–Trinajstić information content (AvgIpc) is 3.32. The van der Waals surface area contributed by atoms with Crippen molar-refractivity contribution in [1.82, 2.24) is 4.90 Å². The van der Waals surface area contributed by atoms with E-state index in [1.54, 1.807) is 5.57 Å². The van der Waals surface area contributed by atoms with E-state index < -0.39 is 6.10 Å². The highest BCUT2D eigenvalue weighted by Gasteiger charge is 2.44. The van der Waals surface area contributed by atoms with Crippen LogP contribution in [0.5, 0.6) is 0 Å². The summed E-state index contributed by atoms with van der Waals surface area (Å²) in [6.45, 7) is 12.2. The highest BCUT2D eigenvalue weighted by molar-refractivity contribution is 5.18. The average molecular weight is 458 g/mol. The number of unbranched alkanes of at least 4 members (excludes halogenated alkanes) is 4. The van der Waals surface area contributed by atoms with Gasteiger partial charge in [0.25, 0.3) is 0 Å². The first-order valence-corrected chi connectivity index (χ1v) is 13.8. The monoisotopic (exact) mass is 457 g/mol. The Morgan fingerprint density at radius 1 is 1.06 bits per heavy atom. The number of rotatable bonds is 15. The molecule has 0 aromatic heterocycles. The van der Waals surface area contributed by atoms with Gasteiger partial charge in [0.1, 0.15) is 0 Å². The van der Waals surface area contributed by atoms with E-state index in [1.807, 2.05) is 19.9 Å². The van der Waals surface area contributed by atoms with Crippen molar-refractivity contribution in [3.05, 3.63) is 23.8 Å². The van der Waals surface area contributed by atoms with Gasteiger partial charge in [-0.2, -0.15) is 0 Å². The van der Waals surface area contributed by atoms with E-state index in [4.69, 9.17) is 0 Å².